The first-order valence-electron chi connectivity index (χ1n) is 6.94. The number of hydrogen-bond acceptors (Lipinski definition) is 3. The summed E-state index contributed by atoms with van der Waals surface area (Å²) in [6.45, 7) is 0. The third-order valence-corrected chi connectivity index (χ3v) is 4.68. The molecule has 3 rings (SSSR count). The summed E-state index contributed by atoms with van der Waals surface area (Å²) in [7, 11) is 0. The van der Waals surface area contributed by atoms with Gasteiger partial charge in [-0.1, -0.05) is 0 Å². The highest BCUT2D eigenvalue weighted by Crippen LogP contribution is 2.52. The fraction of sp³-hybridized carbons (Fsp3) is 0.467. The first-order chi connectivity index (χ1) is 9.97. The predicted molar refractivity (Wildman–Crippen MR) is 67.8 cm³/mol. The van der Waals surface area contributed by atoms with E-state index >= 15 is 0 Å². The van der Waals surface area contributed by atoms with E-state index in [1.54, 1.807) is 0 Å². The maximum Gasteiger partial charge on any atom is 0.228 e. The van der Waals surface area contributed by atoms with Gasteiger partial charge in [0.05, 0.1) is 5.69 Å². The lowest BCUT2D eigenvalue weighted by Crippen LogP contribution is -2.44. The third-order valence-electron chi connectivity index (χ3n) is 4.68. The van der Waals surface area contributed by atoms with E-state index in [9.17, 15) is 23.5 Å². The molecule has 4 nitrogen and oxygen atoms in total. The molecule has 0 unspecified atom stereocenters. The molecule has 0 aliphatic heterocycles. The molecule has 2 bridgehead atoms. The van der Waals surface area contributed by atoms with Crippen LogP contribution in [0.2, 0.25) is 0 Å². The number of carbonyl (C=O) groups excluding carboxylic acids is 2. The first kappa shape index (κ1) is 14.0. The fourth-order valence-electron chi connectivity index (χ4n) is 3.82. The quantitative estimate of drug-likeness (QED) is 0.914. The molecule has 0 heterocycles. The number of rotatable bonds is 3. The van der Waals surface area contributed by atoms with Crippen LogP contribution in [-0.2, 0) is 9.59 Å². The van der Waals surface area contributed by atoms with Crippen LogP contribution in [0.15, 0.2) is 18.2 Å². The van der Waals surface area contributed by atoms with E-state index < -0.39 is 35.3 Å². The van der Waals surface area contributed by atoms with E-state index in [0.29, 0.717) is 6.42 Å². The van der Waals surface area contributed by atoms with Crippen LogP contribution in [0.4, 0.5) is 14.5 Å². The van der Waals surface area contributed by atoms with Crippen LogP contribution < -0.4 is 10.4 Å². The molecule has 2 aliphatic carbocycles. The largest absolute Gasteiger partial charge is 0.550 e. The number of nitrogens with one attached hydrogen (secondary N) is 1. The second-order valence-corrected chi connectivity index (χ2v) is 5.82. The fourth-order valence-corrected chi connectivity index (χ4v) is 3.82. The maximum absolute atomic E-state index is 13.6. The summed E-state index contributed by atoms with van der Waals surface area (Å²) >= 11 is 0. The Morgan fingerprint density at radius 3 is 2.48 bits per heavy atom. The van der Waals surface area contributed by atoms with Gasteiger partial charge in [-0.05, 0) is 43.2 Å². The van der Waals surface area contributed by atoms with E-state index in [-0.39, 0.29) is 17.5 Å². The van der Waals surface area contributed by atoms with Gasteiger partial charge in [0, 0.05) is 23.9 Å². The van der Waals surface area contributed by atoms with Crippen LogP contribution in [0.25, 0.3) is 0 Å². The lowest BCUT2D eigenvalue weighted by Gasteiger charge is -2.30. The monoisotopic (exact) mass is 294 g/mol. The number of benzene rings is 1. The number of amides is 1. The Balaban J connectivity index is 1.81. The topological polar surface area (TPSA) is 69.2 Å². The molecule has 2 fully saturated rings. The molecule has 21 heavy (non-hydrogen) atoms. The molecule has 0 saturated heterocycles. The number of carboxylic acid groups (broad SMARTS) is 1. The highest BCUT2D eigenvalue weighted by Gasteiger charge is 2.51. The van der Waals surface area contributed by atoms with Crippen molar-refractivity contribution in [1.82, 2.24) is 0 Å². The second kappa shape index (κ2) is 5.09. The van der Waals surface area contributed by atoms with Gasteiger partial charge in [-0.15, -0.1) is 0 Å². The Hall–Kier alpha value is -1.98. The van der Waals surface area contributed by atoms with Gasteiger partial charge in [0.1, 0.15) is 11.6 Å². The minimum absolute atomic E-state index is 0.0190. The zero-order valence-corrected chi connectivity index (χ0v) is 11.1. The summed E-state index contributed by atoms with van der Waals surface area (Å²) in [5.41, 5.74) is -0.264. The van der Waals surface area contributed by atoms with Crippen molar-refractivity contribution in [1.29, 1.82) is 0 Å². The standard InChI is InChI=1S/C15H15F2NO3/c16-9-3-4-10(17)11(6-9)18-14(19)12-7-1-2-8(5-7)13(12)15(20)21/h3-4,6-8,12-13H,1-2,5H2,(H,18,19)(H,20,21)/p-1/t7-,8+,12+,13+/m1/s1. The normalized spacial score (nSPS) is 30.4. The van der Waals surface area contributed by atoms with Crippen LogP contribution in [0.3, 0.4) is 0 Å². The molecule has 1 aromatic rings. The van der Waals surface area contributed by atoms with Crippen LogP contribution in [0.5, 0.6) is 0 Å². The van der Waals surface area contributed by atoms with E-state index in [0.717, 1.165) is 31.0 Å². The molecular weight excluding hydrogens is 280 g/mol. The van der Waals surface area contributed by atoms with Gasteiger partial charge >= 0.3 is 0 Å². The number of carboxylic acids is 1. The lowest BCUT2D eigenvalue weighted by molar-refractivity contribution is -0.314. The highest BCUT2D eigenvalue weighted by atomic mass is 19.1. The van der Waals surface area contributed by atoms with Crippen LogP contribution in [-0.4, -0.2) is 11.9 Å². The van der Waals surface area contributed by atoms with Gasteiger partial charge in [-0.2, -0.15) is 0 Å². The third kappa shape index (κ3) is 2.39. The summed E-state index contributed by atoms with van der Waals surface area (Å²) in [5.74, 6) is -4.85. The molecule has 0 radical (unpaired) electrons. The minimum Gasteiger partial charge on any atom is -0.550 e. The average Bonchev–Trinajstić information content (AvgIpc) is 3.03. The Morgan fingerprint density at radius 1 is 1.14 bits per heavy atom. The van der Waals surface area contributed by atoms with Crippen molar-refractivity contribution >= 4 is 17.6 Å². The molecule has 2 aliphatic rings. The maximum atomic E-state index is 13.6. The number of carbonyl (C=O) groups is 2. The van der Waals surface area contributed by atoms with Crippen molar-refractivity contribution in [3.63, 3.8) is 0 Å². The minimum atomic E-state index is -1.23. The van der Waals surface area contributed by atoms with Crippen molar-refractivity contribution < 1.29 is 23.5 Å². The van der Waals surface area contributed by atoms with Gasteiger partial charge < -0.3 is 15.2 Å². The molecular formula is C15H14F2NO3-. The second-order valence-electron chi connectivity index (χ2n) is 5.82. The average molecular weight is 294 g/mol. The Morgan fingerprint density at radius 2 is 1.81 bits per heavy atom. The Labute approximate surface area is 120 Å². The van der Waals surface area contributed by atoms with Crippen LogP contribution in [0, 0.1) is 35.3 Å². The molecule has 6 heteroatoms. The van der Waals surface area contributed by atoms with E-state index in [1.165, 1.54) is 0 Å². The zero-order chi connectivity index (χ0) is 15.1. The van der Waals surface area contributed by atoms with E-state index in [2.05, 4.69) is 5.32 Å². The summed E-state index contributed by atoms with van der Waals surface area (Å²) in [6.07, 6.45) is 2.25. The van der Waals surface area contributed by atoms with Crippen molar-refractivity contribution in [2.75, 3.05) is 5.32 Å². The van der Waals surface area contributed by atoms with Gasteiger partial charge in [-0.3, -0.25) is 4.79 Å². The molecule has 2 saturated carbocycles. The van der Waals surface area contributed by atoms with Gasteiger partial charge in [-0.25, -0.2) is 8.78 Å². The summed E-state index contributed by atoms with van der Waals surface area (Å²) < 4.78 is 26.7. The highest BCUT2D eigenvalue weighted by molar-refractivity contribution is 5.95. The van der Waals surface area contributed by atoms with Crippen molar-refractivity contribution in [2.24, 2.45) is 23.7 Å². The lowest BCUT2D eigenvalue weighted by atomic mass is 9.78. The molecule has 1 N–H and O–H groups in total. The molecule has 1 amide bonds. The van der Waals surface area contributed by atoms with Gasteiger partial charge in [0.15, 0.2) is 0 Å². The van der Waals surface area contributed by atoms with Crippen molar-refractivity contribution in [3.8, 4) is 0 Å². The van der Waals surface area contributed by atoms with Gasteiger partial charge in [0.2, 0.25) is 5.91 Å². The molecule has 1 aromatic carbocycles. The smallest absolute Gasteiger partial charge is 0.228 e. The molecule has 4 atom stereocenters. The number of aliphatic carboxylic acids is 1. The van der Waals surface area contributed by atoms with Gasteiger partial charge in [0.25, 0.3) is 0 Å². The van der Waals surface area contributed by atoms with E-state index in [1.807, 2.05) is 0 Å². The number of hydrogen-bond donors (Lipinski definition) is 1. The molecule has 0 aromatic heterocycles. The van der Waals surface area contributed by atoms with Crippen LogP contribution in [0.1, 0.15) is 19.3 Å². The molecule has 112 valence electrons. The predicted octanol–water partition coefficient (Wildman–Crippen LogP) is 1.32. The Kier molecular flexibility index (Phi) is 3.39. The zero-order valence-electron chi connectivity index (χ0n) is 11.1. The first-order valence-corrected chi connectivity index (χ1v) is 6.94. The summed E-state index contributed by atoms with van der Waals surface area (Å²) in [6, 6.07) is 2.75. The number of fused-ring (bicyclic) bond motifs is 2. The molecule has 0 spiro atoms. The number of halogens is 2. The summed E-state index contributed by atoms with van der Waals surface area (Å²) in [5, 5.41) is 13.6. The van der Waals surface area contributed by atoms with Crippen molar-refractivity contribution in [3.05, 3.63) is 29.8 Å². The SMILES string of the molecule is O=C([O-])[C@H]1[C@H]2CC[C@H](C2)[C@@H]1C(=O)Nc1cc(F)ccc1F. The number of anilines is 1. The van der Waals surface area contributed by atoms with Crippen LogP contribution >= 0.6 is 0 Å². The van der Waals surface area contributed by atoms with E-state index in [4.69, 9.17) is 0 Å². The summed E-state index contributed by atoms with van der Waals surface area (Å²) in [4.78, 5) is 23.5. The Bertz CT molecular complexity index is 605. The van der Waals surface area contributed by atoms with Crippen molar-refractivity contribution in [2.45, 2.75) is 19.3 Å².